The summed E-state index contributed by atoms with van der Waals surface area (Å²) in [6, 6.07) is 4.11. The van der Waals surface area contributed by atoms with Crippen LogP contribution >= 0.6 is 0 Å². The number of Topliss-reactive ketones (excluding diaryl/α,β-unsaturated/α-hetero) is 2. The number of aromatic hydroxyl groups is 1. The summed E-state index contributed by atoms with van der Waals surface area (Å²) in [6.45, 7) is 4.25. The van der Waals surface area contributed by atoms with Crippen LogP contribution in [0.2, 0.25) is 0 Å². The standard InChI is InChI=1S/C18H19NO6/c1-9-16(11(3)20)10(2)19-17(9)15(22)8-25-18(23)13-7-12(24-4)5-6-14(13)21/h5-7,19,21H,8H2,1-4H3. The topological polar surface area (TPSA) is 106 Å². The SMILES string of the molecule is COc1ccc(O)c(C(=O)OCC(=O)c2[nH]c(C)c(C(C)=O)c2C)c1. The first-order valence-corrected chi connectivity index (χ1v) is 7.53. The molecule has 0 saturated carbocycles. The zero-order chi connectivity index (χ0) is 18.7. The largest absolute Gasteiger partial charge is 0.507 e. The van der Waals surface area contributed by atoms with Gasteiger partial charge in [-0.05, 0) is 44.5 Å². The summed E-state index contributed by atoms with van der Waals surface area (Å²) >= 11 is 0. The van der Waals surface area contributed by atoms with Crippen molar-refractivity contribution in [3.8, 4) is 11.5 Å². The molecule has 1 aromatic heterocycles. The molecule has 0 saturated heterocycles. The number of carbonyl (C=O) groups is 3. The van der Waals surface area contributed by atoms with Crippen LogP contribution in [0.25, 0.3) is 0 Å². The molecular weight excluding hydrogens is 326 g/mol. The molecule has 0 unspecified atom stereocenters. The molecule has 0 amide bonds. The number of benzene rings is 1. The molecule has 0 aliphatic carbocycles. The first-order chi connectivity index (χ1) is 11.8. The lowest BCUT2D eigenvalue weighted by Crippen LogP contribution is -2.15. The fraction of sp³-hybridized carbons (Fsp3) is 0.278. The molecule has 2 aromatic rings. The lowest BCUT2D eigenvalue weighted by molar-refractivity contribution is 0.0470. The molecule has 1 aromatic carbocycles. The van der Waals surface area contributed by atoms with Crippen LogP contribution in [0.4, 0.5) is 0 Å². The van der Waals surface area contributed by atoms with Gasteiger partial charge in [0.25, 0.3) is 0 Å². The Hall–Kier alpha value is -3.09. The molecule has 0 atom stereocenters. The van der Waals surface area contributed by atoms with Gasteiger partial charge in [-0.15, -0.1) is 0 Å². The van der Waals surface area contributed by atoms with Gasteiger partial charge in [0.2, 0.25) is 5.78 Å². The van der Waals surface area contributed by atoms with E-state index in [1.54, 1.807) is 13.8 Å². The average molecular weight is 345 g/mol. The van der Waals surface area contributed by atoms with Gasteiger partial charge in [-0.25, -0.2) is 4.79 Å². The van der Waals surface area contributed by atoms with Crippen LogP contribution in [-0.2, 0) is 4.74 Å². The van der Waals surface area contributed by atoms with Crippen molar-refractivity contribution < 1.29 is 29.0 Å². The zero-order valence-electron chi connectivity index (χ0n) is 14.4. The molecule has 25 heavy (non-hydrogen) atoms. The Morgan fingerprint density at radius 1 is 1.20 bits per heavy atom. The van der Waals surface area contributed by atoms with Gasteiger partial charge in [0, 0.05) is 11.3 Å². The van der Waals surface area contributed by atoms with Crippen molar-refractivity contribution in [1.29, 1.82) is 0 Å². The number of phenols is 1. The molecule has 0 bridgehead atoms. The lowest BCUT2D eigenvalue weighted by Gasteiger charge is -2.07. The molecule has 0 aliphatic rings. The summed E-state index contributed by atoms with van der Waals surface area (Å²) in [6.07, 6.45) is 0. The minimum absolute atomic E-state index is 0.101. The van der Waals surface area contributed by atoms with E-state index in [0.717, 1.165) is 0 Å². The molecule has 0 fully saturated rings. The summed E-state index contributed by atoms with van der Waals surface area (Å²) in [5.41, 5.74) is 1.70. The van der Waals surface area contributed by atoms with Crippen LogP contribution in [0.15, 0.2) is 18.2 Å². The number of ether oxygens (including phenoxy) is 2. The van der Waals surface area contributed by atoms with Crippen molar-refractivity contribution >= 4 is 17.5 Å². The van der Waals surface area contributed by atoms with E-state index in [2.05, 4.69) is 4.98 Å². The van der Waals surface area contributed by atoms with Crippen molar-refractivity contribution in [3.05, 3.63) is 46.3 Å². The van der Waals surface area contributed by atoms with Gasteiger partial charge in [-0.1, -0.05) is 0 Å². The van der Waals surface area contributed by atoms with Gasteiger partial charge in [0.15, 0.2) is 12.4 Å². The molecular formula is C18H19NO6. The molecule has 7 nitrogen and oxygen atoms in total. The maximum absolute atomic E-state index is 12.3. The number of methoxy groups -OCH3 is 1. The first kappa shape index (κ1) is 18.3. The second-order valence-electron chi connectivity index (χ2n) is 5.56. The quantitative estimate of drug-likeness (QED) is 0.616. The summed E-state index contributed by atoms with van der Waals surface area (Å²) in [4.78, 5) is 38.8. The number of phenolic OH excluding ortho intramolecular Hbond substituents is 1. The number of aryl methyl sites for hydroxylation is 1. The Morgan fingerprint density at radius 2 is 1.88 bits per heavy atom. The maximum atomic E-state index is 12.3. The van der Waals surface area contributed by atoms with Gasteiger partial charge in [-0.3, -0.25) is 9.59 Å². The maximum Gasteiger partial charge on any atom is 0.342 e. The van der Waals surface area contributed by atoms with E-state index in [1.165, 1.54) is 32.2 Å². The van der Waals surface area contributed by atoms with E-state index in [4.69, 9.17) is 9.47 Å². The number of aromatic amines is 1. The number of hydrogen-bond acceptors (Lipinski definition) is 6. The second kappa shape index (κ2) is 7.21. The second-order valence-corrected chi connectivity index (χ2v) is 5.56. The number of carbonyl (C=O) groups excluding carboxylic acids is 3. The number of esters is 1. The highest BCUT2D eigenvalue weighted by atomic mass is 16.5. The minimum Gasteiger partial charge on any atom is -0.507 e. The number of H-pyrrole nitrogens is 1. The highest BCUT2D eigenvalue weighted by Crippen LogP contribution is 2.24. The summed E-state index contributed by atoms with van der Waals surface area (Å²) < 4.78 is 9.97. The van der Waals surface area contributed by atoms with E-state index < -0.39 is 18.4 Å². The number of aromatic nitrogens is 1. The van der Waals surface area contributed by atoms with Crippen LogP contribution in [0.1, 0.15) is 49.4 Å². The molecule has 0 radical (unpaired) electrons. The molecule has 132 valence electrons. The van der Waals surface area contributed by atoms with Gasteiger partial charge < -0.3 is 19.6 Å². The smallest absolute Gasteiger partial charge is 0.342 e. The summed E-state index contributed by atoms with van der Waals surface area (Å²) in [5.74, 6) is -1.37. The van der Waals surface area contributed by atoms with Gasteiger partial charge in [0.1, 0.15) is 17.1 Å². The third-order valence-corrected chi connectivity index (χ3v) is 3.83. The van der Waals surface area contributed by atoms with Crippen molar-refractivity contribution in [2.75, 3.05) is 13.7 Å². The first-order valence-electron chi connectivity index (χ1n) is 7.53. The highest BCUT2D eigenvalue weighted by molar-refractivity contribution is 6.04. The molecule has 0 spiro atoms. The van der Waals surface area contributed by atoms with Crippen LogP contribution in [0.5, 0.6) is 11.5 Å². The minimum atomic E-state index is -0.850. The van der Waals surface area contributed by atoms with E-state index in [0.29, 0.717) is 22.6 Å². The van der Waals surface area contributed by atoms with E-state index in [9.17, 15) is 19.5 Å². The van der Waals surface area contributed by atoms with Crippen molar-refractivity contribution in [2.45, 2.75) is 20.8 Å². The zero-order valence-corrected chi connectivity index (χ0v) is 14.4. The summed E-state index contributed by atoms with van der Waals surface area (Å²) in [7, 11) is 1.42. The van der Waals surface area contributed by atoms with Crippen LogP contribution in [-0.4, -0.2) is 41.3 Å². The number of ketones is 2. The van der Waals surface area contributed by atoms with Crippen LogP contribution < -0.4 is 4.74 Å². The van der Waals surface area contributed by atoms with E-state index >= 15 is 0 Å². The van der Waals surface area contributed by atoms with Gasteiger partial charge in [-0.2, -0.15) is 0 Å². The van der Waals surface area contributed by atoms with Gasteiger partial charge >= 0.3 is 5.97 Å². The van der Waals surface area contributed by atoms with Crippen LogP contribution in [0, 0.1) is 13.8 Å². The Balaban J connectivity index is 2.14. The fourth-order valence-corrected chi connectivity index (χ4v) is 2.64. The Labute approximate surface area is 144 Å². The average Bonchev–Trinajstić information content (AvgIpc) is 2.87. The molecule has 1 heterocycles. The predicted octanol–water partition coefficient (Wildman–Crippen LogP) is 2.59. The molecule has 2 rings (SSSR count). The van der Waals surface area contributed by atoms with E-state index in [1.807, 2.05) is 0 Å². The van der Waals surface area contributed by atoms with Crippen molar-refractivity contribution in [2.24, 2.45) is 0 Å². The molecule has 0 aliphatic heterocycles. The third-order valence-electron chi connectivity index (χ3n) is 3.83. The lowest BCUT2D eigenvalue weighted by atomic mass is 10.1. The Morgan fingerprint density at radius 3 is 2.44 bits per heavy atom. The number of hydrogen-bond donors (Lipinski definition) is 2. The van der Waals surface area contributed by atoms with E-state index in [-0.39, 0.29) is 22.8 Å². The normalized spacial score (nSPS) is 10.4. The third kappa shape index (κ3) is 3.71. The Bertz CT molecular complexity index is 849. The van der Waals surface area contributed by atoms with Gasteiger partial charge in [0.05, 0.1) is 12.8 Å². The van der Waals surface area contributed by atoms with Crippen molar-refractivity contribution in [3.63, 3.8) is 0 Å². The van der Waals surface area contributed by atoms with Crippen LogP contribution in [0.3, 0.4) is 0 Å². The summed E-state index contributed by atoms with van der Waals surface area (Å²) in [5, 5.41) is 9.74. The number of nitrogens with one attached hydrogen (secondary N) is 1. The molecule has 7 heteroatoms. The monoisotopic (exact) mass is 345 g/mol. The predicted molar refractivity (Wildman–Crippen MR) is 89.5 cm³/mol. The Kier molecular flexibility index (Phi) is 5.26. The van der Waals surface area contributed by atoms with Crippen molar-refractivity contribution in [1.82, 2.24) is 4.98 Å². The molecule has 2 N–H and O–H groups in total. The highest BCUT2D eigenvalue weighted by Gasteiger charge is 2.22. The number of rotatable bonds is 6. The fourth-order valence-electron chi connectivity index (χ4n) is 2.64.